The van der Waals surface area contributed by atoms with Crippen molar-refractivity contribution in [3.05, 3.63) is 26.6 Å². The van der Waals surface area contributed by atoms with Crippen LogP contribution in [0.2, 0.25) is 0 Å². The zero-order chi connectivity index (χ0) is 21.2. The van der Waals surface area contributed by atoms with Gasteiger partial charge in [-0.2, -0.15) is 0 Å². The van der Waals surface area contributed by atoms with Gasteiger partial charge in [0.25, 0.3) is 5.56 Å². The van der Waals surface area contributed by atoms with Gasteiger partial charge in [0.05, 0.1) is 5.39 Å². The highest BCUT2D eigenvalue weighted by Crippen LogP contribution is 2.61. The van der Waals surface area contributed by atoms with E-state index in [0.717, 1.165) is 47.2 Å². The molecule has 1 atom stereocenters. The minimum atomic E-state index is -0.0262. The number of hydrogen-bond acceptors (Lipinski definition) is 4. The molecule has 2 aromatic rings. The zero-order valence-corrected chi connectivity index (χ0v) is 19.3. The van der Waals surface area contributed by atoms with Gasteiger partial charge in [0.1, 0.15) is 10.7 Å². The minimum Gasteiger partial charge on any atom is -0.353 e. The SMILES string of the molecule is CC(NC(=O)CCc1nc2sc3c(c2c(=O)[nH]1)CCCC3)C12CC3CC(CC(C3)C1)C2. The number of carbonyl (C=O) groups excluding carboxylic acids is 1. The van der Waals surface area contributed by atoms with Crippen LogP contribution in [-0.2, 0) is 24.1 Å². The predicted octanol–water partition coefficient (Wildman–Crippen LogP) is 4.52. The number of thiophene rings is 1. The van der Waals surface area contributed by atoms with Crippen molar-refractivity contribution in [3.63, 3.8) is 0 Å². The summed E-state index contributed by atoms with van der Waals surface area (Å²) in [5, 5.41) is 4.14. The molecule has 0 radical (unpaired) electrons. The van der Waals surface area contributed by atoms with Crippen molar-refractivity contribution in [1.29, 1.82) is 0 Å². The maximum atomic E-state index is 12.8. The fourth-order valence-corrected chi connectivity index (χ4v) is 9.01. The number of aromatic nitrogens is 2. The van der Waals surface area contributed by atoms with Crippen molar-refractivity contribution in [1.82, 2.24) is 15.3 Å². The fraction of sp³-hybridized carbons (Fsp3) is 0.720. The van der Waals surface area contributed by atoms with Crippen LogP contribution in [0.15, 0.2) is 4.79 Å². The maximum absolute atomic E-state index is 12.8. The van der Waals surface area contributed by atoms with Crippen molar-refractivity contribution in [2.45, 2.75) is 90.0 Å². The number of aryl methyl sites for hydroxylation is 3. The lowest BCUT2D eigenvalue weighted by molar-refractivity contribution is -0.125. The number of carbonyl (C=O) groups is 1. The third kappa shape index (κ3) is 3.46. The molecule has 4 bridgehead atoms. The first-order chi connectivity index (χ1) is 15.0. The molecule has 2 aromatic heterocycles. The molecule has 0 aromatic carbocycles. The van der Waals surface area contributed by atoms with Gasteiger partial charge in [0.15, 0.2) is 0 Å². The van der Waals surface area contributed by atoms with Gasteiger partial charge in [-0.25, -0.2) is 4.98 Å². The summed E-state index contributed by atoms with van der Waals surface area (Å²) in [4.78, 5) is 35.4. The quantitative estimate of drug-likeness (QED) is 0.719. The molecule has 0 aliphatic heterocycles. The van der Waals surface area contributed by atoms with Crippen molar-refractivity contribution in [2.75, 3.05) is 0 Å². The second-order valence-corrected chi connectivity index (χ2v) is 12.1. The molecule has 5 nitrogen and oxygen atoms in total. The second-order valence-electron chi connectivity index (χ2n) is 11.0. The summed E-state index contributed by atoms with van der Waals surface area (Å²) in [6.45, 7) is 2.23. The Hall–Kier alpha value is -1.69. The number of nitrogens with zero attached hydrogens (tertiary/aromatic N) is 1. The highest BCUT2D eigenvalue weighted by atomic mass is 32.1. The molecule has 166 valence electrons. The molecule has 0 spiro atoms. The van der Waals surface area contributed by atoms with Crippen molar-refractivity contribution in [3.8, 4) is 0 Å². The van der Waals surface area contributed by atoms with Gasteiger partial charge >= 0.3 is 0 Å². The van der Waals surface area contributed by atoms with Crippen molar-refractivity contribution in [2.24, 2.45) is 23.2 Å². The van der Waals surface area contributed by atoms with Gasteiger partial charge in [-0.3, -0.25) is 9.59 Å². The van der Waals surface area contributed by atoms with Crippen LogP contribution in [-0.4, -0.2) is 21.9 Å². The molecule has 2 heterocycles. The molecular formula is C25H33N3O2S. The molecule has 4 saturated carbocycles. The molecule has 1 unspecified atom stereocenters. The monoisotopic (exact) mass is 439 g/mol. The lowest BCUT2D eigenvalue weighted by Gasteiger charge is -2.59. The predicted molar refractivity (Wildman–Crippen MR) is 123 cm³/mol. The third-order valence-electron chi connectivity index (χ3n) is 8.84. The second kappa shape index (κ2) is 7.43. The van der Waals surface area contributed by atoms with Gasteiger partial charge < -0.3 is 10.3 Å². The van der Waals surface area contributed by atoms with E-state index < -0.39 is 0 Å². The van der Waals surface area contributed by atoms with Crippen LogP contribution < -0.4 is 10.9 Å². The van der Waals surface area contributed by atoms with Crippen molar-refractivity contribution < 1.29 is 4.79 Å². The van der Waals surface area contributed by atoms with E-state index in [1.807, 2.05) is 0 Å². The van der Waals surface area contributed by atoms with Gasteiger partial charge in [-0.15, -0.1) is 11.3 Å². The molecule has 31 heavy (non-hydrogen) atoms. The molecule has 7 rings (SSSR count). The number of fused-ring (bicyclic) bond motifs is 3. The van der Waals surface area contributed by atoms with E-state index in [2.05, 4.69) is 17.2 Å². The fourth-order valence-electron chi connectivity index (χ4n) is 7.73. The van der Waals surface area contributed by atoms with Gasteiger partial charge in [-0.1, -0.05) is 0 Å². The zero-order valence-electron chi connectivity index (χ0n) is 18.5. The molecule has 4 fully saturated rings. The molecular weight excluding hydrogens is 406 g/mol. The van der Waals surface area contributed by atoms with Crippen LogP contribution in [0.1, 0.15) is 81.0 Å². The molecule has 5 aliphatic rings. The van der Waals surface area contributed by atoms with E-state index in [9.17, 15) is 9.59 Å². The number of H-pyrrole nitrogens is 1. The third-order valence-corrected chi connectivity index (χ3v) is 10.0. The Morgan fingerprint density at radius 3 is 2.55 bits per heavy atom. The Kier molecular flexibility index (Phi) is 4.78. The summed E-state index contributed by atoms with van der Waals surface area (Å²) in [6, 6.07) is 0.243. The first-order valence-corrected chi connectivity index (χ1v) is 13.1. The summed E-state index contributed by atoms with van der Waals surface area (Å²) in [5.41, 5.74) is 1.52. The number of amides is 1. The standard InChI is InChI=1S/C25H33N3O2S/c1-14(25-11-15-8-16(12-25)10-17(9-15)13-25)26-21(29)7-6-20-27-23(30)22-18-4-2-3-5-19(18)31-24(22)28-20/h14-17H,2-13H2,1H3,(H,26,29)(H,27,28,30). The van der Waals surface area contributed by atoms with E-state index in [0.29, 0.717) is 24.1 Å². The van der Waals surface area contributed by atoms with Crippen LogP contribution >= 0.6 is 11.3 Å². The summed E-state index contributed by atoms with van der Waals surface area (Å²) in [5.74, 6) is 3.42. The number of hydrogen-bond donors (Lipinski definition) is 2. The highest BCUT2D eigenvalue weighted by Gasteiger charge is 2.53. The molecule has 6 heteroatoms. The summed E-state index contributed by atoms with van der Waals surface area (Å²) in [6.07, 6.45) is 13.5. The van der Waals surface area contributed by atoms with Crippen LogP contribution in [0, 0.1) is 23.2 Å². The van der Waals surface area contributed by atoms with E-state index in [1.54, 1.807) is 11.3 Å². The highest BCUT2D eigenvalue weighted by molar-refractivity contribution is 7.18. The summed E-state index contributed by atoms with van der Waals surface area (Å²) >= 11 is 1.67. The molecule has 5 aliphatic carbocycles. The Morgan fingerprint density at radius 2 is 1.84 bits per heavy atom. The average Bonchev–Trinajstić information content (AvgIpc) is 3.10. The van der Waals surface area contributed by atoms with E-state index in [1.165, 1.54) is 55.4 Å². The lowest BCUT2D eigenvalue weighted by atomic mass is 9.48. The Balaban J connectivity index is 1.12. The number of rotatable bonds is 5. The maximum Gasteiger partial charge on any atom is 0.259 e. The Bertz CT molecular complexity index is 1050. The van der Waals surface area contributed by atoms with Crippen LogP contribution in [0.25, 0.3) is 10.2 Å². The smallest absolute Gasteiger partial charge is 0.259 e. The van der Waals surface area contributed by atoms with Crippen LogP contribution in [0.3, 0.4) is 0 Å². The average molecular weight is 440 g/mol. The van der Waals surface area contributed by atoms with Crippen molar-refractivity contribution >= 4 is 27.5 Å². The number of aromatic amines is 1. The van der Waals surface area contributed by atoms with Crippen LogP contribution in [0.5, 0.6) is 0 Å². The Morgan fingerprint density at radius 1 is 1.16 bits per heavy atom. The molecule has 2 N–H and O–H groups in total. The van der Waals surface area contributed by atoms with E-state index in [4.69, 9.17) is 4.98 Å². The summed E-state index contributed by atoms with van der Waals surface area (Å²) < 4.78 is 0. The topological polar surface area (TPSA) is 74.8 Å². The molecule has 1 amide bonds. The van der Waals surface area contributed by atoms with Crippen LogP contribution in [0.4, 0.5) is 0 Å². The van der Waals surface area contributed by atoms with Gasteiger partial charge in [0, 0.05) is 23.8 Å². The number of nitrogens with one attached hydrogen (secondary N) is 2. The minimum absolute atomic E-state index is 0.0262. The lowest BCUT2D eigenvalue weighted by Crippen LogP contribution is -2.55. The van der Waals surface area contributed by atoms with E-state index >= 15 is 0 Å². The summed E-state index contributed by atoms with van der Waals surface area (Å²) in [7, 11) is 0. The Labute approximate surface area is 187 Å². The van der Waals surface area contributed by atoms with E-state index in [-0.39, 0.29) is 17.5 Å². The van der Waals surface area contributed by atoms with Gasteiger partial charge in [-0.05, 0) is 99.9 Å². The van der Waals surface area contributed by atoms with Gasteiger partial charge in [0.2, 0.25) is 5.91 Å². The molecule has 0 saturated heterocycles. The first-order valence-electron chi connectivity index (χ1n) is 12.3. The first kappa shape index (κ1) is 20.0. The largest absolute Gasteiger partial charge is 0.353 e. The normalized spacial score (nSPS) is 32.2.